The maximum Gasteiger partial charge on any atom is 0.0883 e. The summed E-state index contributed by atoms with van der Waals surface area (Å²) in [5, 5.41) is 1.68. The predicted molar refractivity (Wildman–Crippen MR) is 99.1 cm³/mol. The maximum atomic E-state index is 2.57. The summed E-state index contributed by atoms with van der Waals surface area (Å²) in [5.74, 6) is 1.30. The van der Waals surface area contributed by atoms with E-state index in [0.717, 1.165) is 6.42 Å². The van der Waals surface area contributed by atoms with Gasteiger partial charge in [-0.25, -0.2) is 0 Å². The third-order valence-electron chi connectivity index (χ3n) is 5.77. The summed E-state index contributed by atoms with van der Waals surface area (Å²) >= 11 is 0. The molecule has 0 heterocycles. The minimum atomic E-state index is -1.55. The fraction of sp³-hybridized carbons (Fsp3) is 0.333. The molecule has 1 heteroatoms. The lowest BCUT2D eigenvalue weighted by atomic mass is 9.91. The standard InChI is InChI=1S/C21H24Si/c1-15-13-17-8-6-10-20(19(17)14-15)22(2,3)21-12-11-16-7-4-5-9-18(16)21/h4-13,16,18,21H,14H2,1-3H3. The molecule has 3 atom stereocenters. The van der Waals surface area contributed by atoms with E-state index in [9.17, 15) is 0 Å². The first-order valence-electron chi connectivity index (χ1n) is 8.40. The SMILES string of the molecule is CC1=Cc2cccc([Si](C)(C)C3C=CC4C=CC=CC43)c2C1. The Hall–Kier alpha value is -1.60. The zero-order chi connectivity index (χ0) is 15.3. The molecule has 4 rings (SSSR count). The van der Waals surface area contributed by atoms with Gasteiger partial charge in [-0.15, -0.1) is 0 Å². The Balaban J connectivity index is 1.74. The van der Waals surface area contributed by atoms with Gasteiger partial charge in [-0.1, -0.05) is 84.6 Å². The van der Waals surface area contributed by atoms with Crippen LogP contribution < -0.4 is 5.19 Å². The molecule has 3 unspecified atom stereocenters. The average molecular weight is 305 g/mol. The molecule has 0 radical (unpaired) electrons. The molecule has 1 aromatic carbocycles. The van der Waals surface area contributed by atoms with E-state index in [4.69, 9.17) is 0 Å². The van der Waals surface area contributed by atoms with Crippen LogP contribution in [-0.4, -0.2) is 8.07 Å². The molecule has 0 nitrogen and oxygen atoms in total. The third-order valence-corrected chi connectivity index (χ3v) is 9.88. The van der Waals surface area contributed by atoms with E-state index < -0.39 is 8.07 Å². The van der Waals surface area contributed by atoms with Gasteiger partial charge in [0, 0.05) is 5.92 Å². The van der Waals surface area contributed by atoms with E-state index in [-0.39, 0.29) is 0 Å². The first kappa shape index (κ1) is 14.0. The molecule has 0 N–H and O–H groups in total. The lowest BCUT2D eigenvalue weighted by molar-refractivity contribution is 0.586. The second-order valence-electron chi connectivity index (χ2n) is 7.60. The number of hydrogen-bond acceptors (Lipinski definition) is 0. The van der Waals surface area contributed by atoms with Gasteiger partial charge in [-0.2, -0.15) is 0 Å². The molecule has 3 aliphatic rings. The van der Waals surface area contributed by atoms with Crippen molar-refractivity contribution in [3.63, 3.8) is 0 Å². The highest BCUT2D eigenvalue weighted by Crippen LogP contribution is 2.45. The van der Waals surface area contributed by atoms with Gasteiger partial charge in [0.05, 0.1) is 8.07 Å². The Morgan fingerprint density at radius 2 is 1.82 bits per heavy atom. The second-order valence-corrected chi connectivity index (χ2v) is 12.2. The Morgan fingerprint density at radius 1 is 1.00 bits per heavy atom. The molecule has 0 amide bonds. The number of rotatable bonds is 2. The summed E-state index contributed by atoms with van der Waals surface area (Å²) in [6.07, 6.45) is 17.8. The smallest absolute Gasteiger partial charge is 0.0865 e. The number of allylic oxidation sites excluding steroid dienone is 7. The van der Waals surface area contributed by atoms with Crippen LogP contribution in [0.2, 0.25) is 18.6 Å². The van der Waals surface area contributed by atoms with Crippen molar-refractivity contribution < 1.29 is 0 Å². The van der Waals surface area contributed by atoms with Crippen LogP contribution in [-0.2, 0) is 6.42 Å². The zero-order valence-corrected chi connectivity index (χ0v) is 14.7. The van der Waals surface area contributed by atoms with E-state index >= 15 is 0 Å². The largest absolute Gasteiger partial charge is 0.0883 e. The van der Waals surface area contributed by atoms with Crippen molar-refractivity contribution in [3.8, 4) is 0 Å². The highest BCUT2D eigenvalue weighted by Gasteiger charge is 2.42. The van der Waals surface area contributed by atoms with Gasteiger partial charge in [0.2, 0.25) is 0 Å². The summed E-state index contributed by atoms with van der Waals surface area (Å²) in [6, 6.07) is 6.97. The first-order valence-corrected chi connectivity index (χ1v) is 11.5. The predicted octanol–water partition coefficient (Wildman–Crippen LogP) is 4.86. The first-order chi connectivity index (χ1) is 10.6. The van der Waals surface area contributed by atoms with E-state index in [2.05, 4.69) is 80.7 Å². The summed E-state index contributed by atoms with van der Waals surface area (Å²) in [4.78, 5) is 0. The van der Waals surface area contributed by atoms with E-state index in [0.29, 0.717) is 17.4 Å². The lowest BCUT2D eigenvalue weighted by Gasteiger charge is -2.36. The molecule has 1 aromatic rings. The fourth-order valence-electron chi connectivity index (χ4n) is 4.61. The number of fused-ring (bicyclic) bond motifs is 2. The minimum Gasteiger partial charge on any atom is -0.0865 e. The zero-order valence-electron chi connectivity index (χ0n) is 13.7. The van der Waals surface area contributed by atoms with Gasteiger partial charge in [-0.05, 0) is 35.9 Å². The normalized spacial score (nSPS) is 28.7. The van der Waals surface area contributed by atoms with Crippen molar-refractivity contribution in [3.05, 3.63) is 71.4 Å². The highest BCUT2D eigenvalue weighted by molar-refractivity contribution is 6.91. The van der Waals surface area contributed by atoms with Crippen LogP contribution in [0.1, 0.15) is 18.1 Å². The van der Waals surface area contributed by atoms with Crippen molar-refractivity contribution in [2.24, 2.45) is 11.8 Å². The molecule has 112 valence electrons. The van der Waals surface area contributed by atoms with Gasteiger partial charge in [-0.3, -0.25) is 0 Å². The Morgan fingerprint density at radius 3 is 2.68 bits per heavy atom. The molecule has 22 heavy (non-hydrogen) atoms. The van der Waals surface area contributed by atoms with E-state index in [1.807, 2.05) is 0 Å². The van der Waals surface area contributed by atoms with Crippen LogP contribution in [0.25, 0.3) is 6.08 Å². The Bertz CT molecular complexity index is 730. The summed E-state index contributed by atoms with van der Waals surface area (Å²) in [5.41, 5.74) is 5.30. The number of hydrogen-bond donors (Lipinski definition) is 0. The van der Waals surface area contributed by atoms with E-state index in [1.54, 1.807) is 10.8 Å². The highest BCUT2D eigenvalue weighted by atomic mass is 28.3. The summed E-state index contributed by atoms with van der Waals surface area (Å²) < 4.78 is 0. The van der Waals surface area contributed by atoms with Crippen LogP contribution in [0.5, 0.6) is 0 Å². The fourth-order valence-corrected chi connectivity index (χ4v) is 8.39. The molecule has 0 spiro atoms. The van der Waals surface area contributed by atoms with Crippen LogP contribution in [0.15, 0.2) is 60.2 Å². The molecule has 3 aliphatic carbocycles. The minimum absolute atomic E-state index is 0.624. The quantitative estimate of drug-likeness (QED) is 0.541. The molecule has 0 saturated heterocycles. The molecule has 0 aromatic heterocycles. The molecule has 0 bridgehead atoms. The second kappa shape index (κ2) is 4.96. The van der Waals surface area contributed by atoms with Crippen molar-refractivity contribution in [2.45, 2.75) is 32.0 Å². The molecular weight excluding hydrogens is 280 g/mol. The van der Waals surface area contributed by atoms with Gasteiger partial charge in [0.1, 0.15) is 0 Å². The molecule has 0 fully saturated rings. The maximum absolute atomic E-state index is 2.57. The Kier molecular flexibility index (Phi) is 3.16. The van der Waals surface area contributed by atoms with Crippen molar-refractivity contribution in [1.82, 2.24) is 0 Å². The van der Waals surface area contributed by atoms with Crippen LogP contribution >= 0.6 is 0 Å². The topological polar surface area (TPSA) is 0 Å². The third kappa shape index (κ3) is 2.03. The molecular formula is C21H24Si. The summed E-state index contributed by atoms with van der Waals surface area (Å²) in [7, 11) is -1.55. The number of benzene rings is 1. The molecule has 0 saturated carbocycles. The van der Waals surface area contributed by atoms with E-state index in [1.165, 1.54) is 11.1 Å². The Labute approximate surface area is 135 Å². The summed E-state index contributed by atoms with van der Waals surface area (Å²) in [6.45, 7) is 7.40. The molecule has 0 aliphatic heterocycles. The monoisotopic (exact) mass is 304 g/mol. The van der Waals surface area contributed by atoms with Crippen molar-refractivity contribution >= 4 is 19.3 Å². The lowest BCUT2D eigenvalue weighted by Crippen LogP contribution is -2.49. The average Bonchev–Trinajstić information content (AvgIpc) is 3.08. The van der Waals surface area contributed by atoms with Gasteiger partial charge >= 0.3 is 0 Å². The van der Waals surface area contributed by atoms with Crippen molar-refractivity contribution in [1.29, 1.82) is 0 Å². The van der Waals surface area contributed by atoms with Crippen LogP contribution in [0.3, 0.4) is 0 Å². The van der Waals surface area contributed by atoms with Gasteiger partial charge < -0.3 is 0 Å². The van der Waals surface area contributed by atoms with Crippen molar-refractivity contribution in [2.75, 3.05) is 0 Å². The van der Waals surface area contributed by atoms with Crippen LogP contribution in [0.4, 0.5) is 0 Å². The van der Waals surface area contributed by atoms with Gasteiger partial charge in [0.25, 0.3) is 0 Å². The van der Waals surface area contributed by atoms with Gasteiger partial charge in [0.15, 0.2) is 0 Å². The van der Waals surface area contributed by atoms with Crippen LogP contribution in [0, 0.1) is 11.8 Å².